The standard InChI is InChI=1S/C18H34O2.2Na.H/c1-2-3-4-5-6-7-8-9-10-11-12-13-14-15-16-17-18(19)20;;;/h9-10H,2-8,11-17H2,1H3,(H,19,20);;;/q;;+1;/p-1/b10-9-;;;. The second-order valence-electron chi connectivity index (χ2n) is 5.71. The van der Waals surface area contributed by atoms with E-state index in [1.807, 2.05) is 0 Å². The molecule has 0 aromatic rings. The average Bonchev–Trinajstić information content (AvgIpc) is 2.43. The van der Waals surface area contributed by atoms with E-state index in [0.29, 0.717) is 0 Å². The first-order chi connectivity index (χ1) is 9.77. The van der Waals surface area contributed by atoms with Gasteiger partial charge in [0.25, 0.3) is 0 Å². The first kappa shape index (κ1) is 28.0. The summed E-state index contributed by atoms with van der Waals surface area (Å²) in [5.41, 5.74) is 0. The molecule has 22 heavy (non-hydrogen) atoms. The summed E-state index contributed by atoms with van der Waals surface area (Å²) in [6.07, 6.45) is 20.9. The third kappa shape index (κ3) is 26.1. The predicted molar refractivity (Wildman–Crippen MR) is 91.6 cm³/mol. The van der Waals surface area contributed by atoms with Crippen molar-refractivity contribution in [2.24, 2.45) is 0 Å². The van der Waals surface area contributed by atoms with Crippen LogP contribution in [0.2, 0.25) is 0 Å². The molecule has 0 aliphatic carbocycles. The number of aliphatic carboxylic acids is 1. The van der Waals surface area contributed by atoms with Gasteiger partial charge in [0.05, 0.1) is 0 Å². The number of carbonyl (C=O) groups excluding carboxylic acids is 1. The number of carboxylic acid groups (broad SMARTS) is 1. The Morgan fingerprint density at radius 2 is 1.18 bits per heavy atom. The van der Waals surface area contributed by atoms with Crippen molar-refractivity contribution >= 4 is 35.5 Å². The zero-order valence-electron chi connectivity index (χ0n) is 14.4. The first-order valence-corrected chi connectivity index (χ1v) is 8.62. The molecule has 0 aliphatic rings. The van der Waals surface area contributed by atoms with E-state index in [-0.39, 0.29) is 65.5 Å². The van der Waals surface area contributed by atoms with Gasteiger partial charge in [-0.15, -0.1) is 0 Å². The Morgan fingerprint density at radius 1 is 0.773 bits per heavy atom. The maximum absolute atomic E-state index is 10.2. The molecule has 0 saturated carbocycles. The molecule has 0 heterocycles. The van der Waals surface area contributed by atoms with Crippen molar-refractivity contribution in [3.05, 3.63) is 12.2 Å². The van der Waals surface area contributed by atoms with Gasteiger partial charge < -0.3 is 9.90 Å². The van der Waals surface area contributed by atoms with Crippen LogP contribution in [0.15, 0.2) is 12.2 Å². The van der Waals surface area contributed by atoms with Crippen LogP contribution in [0.4, 0.5) is 0 Å². The van der Waals surface area contributed by atoms with Gasteiger partial charge >= 0.3 is 59.1 Å². The van der Waals surface area contributed by atoms with Gasteiger partial charge in [0.2, 0.25) is 0 Å². The van der Waals surface area contributed by atoms with E-state index in [1.54, 1.807) is 0 Å². The molecular weight excluding hydrogens is 294 g/mol. The summed E-state index contributed by atoms with van der Waals surface area (Å²) in [6.45, 7) is 2.26. The topological polar surface area (TPSA) is 40.1 Å². The van der Waals surface area contributed by atoms with E-state index in [2.05, 4.69) is 19.1 Å². The summed E-state index contributed by atoms with van der Waals surface area (Å²) in [7, 11) is 0. The fourth-order valence-electron chi connectivity index (χ4n) is 2.34. The molecular formula is C18H34Na2O2. The summed E-state index contributed by atoms with van der Waals surface area (Å²) in [5.74, 6) is -0.914. The third-order valence-corrected chi connectivity index (χ3v) is 3.64. The molecule has 0 amide bonds. The van der Waals surface area contributed by atoms with Crippen molar-refractivity contribution in [1.29, 1.82) is 0 Å². The molecule has 0 radical (unpaired) electrons. The number of hydrogen-bond acceptors (Lipinski definition) is 2. The molecule has 4 heteroatoms. The Bertz CT molecular complexity index is 243. The summed E-state index contributed by atoms with van der Waals surface area (Å²) < 4.78 is 0. The molecule has 0 rings (SSSR count). The number of hydrogen-bond donors (Lipinski definition) is 0. The van der Waals surface area contributed by atoms with Crippen LogP contribution < -0.4 is 34.7 Å². The minimum absolute atomic E-state index is 0. The third-order valence-electron chi connectivity index (χ3n) is 3.64. The number of rotatable bonds is 15. The summed E-state index contributed by atoms with van der Waals surface area (Å²) in [6, 6.07) is 0. The van der Waals surface area contributed by atoms with Crippen molar-refractivity contribution in [3.63, 3.8) is 0 Å². The molecule has 120 valence electrons. The fourth-order valence-corrected chi connectivity index (χ4v) is 2.34. The normalized spacial score (nSPS) is 10.2. The second-order valence-corrected chi connectivity index (χ2v) is 5.71. The number of allylic oxidation sites excluding steroid dienone is 2. The predicted octanol–water partition coefficient (Wildman–Crippen LogP) is 1.13. The molecule has 0 saturated heterocycles. The summed E-state index contributed by atoms with van der Waals surface area (Å²) >= 11 is 0. The Hall–Kier alpha value is 1.21. The molecule has 0 N–H and O–H groups in total. The van der Waals surface area contributed by atoms with Gasteiger partial charge in [-0.1, -0.05) is 70.4 Å². The monoisotopic (exact) mass is 328 g/mol. The molecule has 0 spiro atoms. The van der Waals surface area contributed by atoms with Crippen LogP contribution in [0.5, 0.6) is 0 Å². The first-order valence-electron chi connectivity index (χ1n) is 8.62. The van der Waals surface area contributed by atoms with Crippen molar-refractivity contribution in [3.8, 4) is 0 Å². The van der Waals surface area contributed by atoms with E-state index in [4.69, 9.17) is 0 Å². The molecule has 0 aromatic heterocycles. The Labute approximate surface area is 182 Å². The number of unbranched alkanes of at least 4 members (excludes halogenated alkanes) is 11. The van der Waals surface area contributed by atoms with Crippen LogP contribution in [-0.2, 0) is 4.79 Å². The molecule has 0 atom stereocenters. The molecule has 0 fully saturated rings. The molecule has 0 aliphatic heterocycles. The zero-order chi connectivity index (χ0) is 14.9. The van der Waals surface area contributed by atoms with Crippen molar-refractivity contribution < 1.29 is 39.5 Å². The van der Waals surface area contributed by atoms with Crippen LogP contribution in [0, 0.1) is 0 Å². The van der Waals surface area contributed by atoms with E-state index >= 15 is 0 Å². The van der Waals surface area contributed by atoms with Crippen molar-refractivity contribution in [2.45, 2.75) is 96.8 Å². The molecule has 0 bridgehead atoms. The van der Waals surface area contributed by atoms with Gasteiger partial charge in [0, 0.05) is 5.97 Å². The van der Waals surface area contributed by atoms with E-state index in [9.17, 15) is 9.90 Å². The van der Waals surface area contributed by atoms with Gasteiger partial charge in [-0.25, -0.2) is 0 Å². The zero-order valence-corrected chi connectivity index (χ0v) is 16.4. The maximum atomic E-state index is 10.2. The molecule has 2 nitrogen and oxygen atoms in total. The van der Waals surface area contributed by atoms with E-state index in [1.165, 1.54) is 64.2 Å². The van der Waals surface area contributed by atoms with Crippen molar-refractivity contribution in [2.75, 3.05) is 0 Å². The minimum atomic E-state index is -0.914. The van der Waals surface area contributed by atoms with Crippen LogP contribution >= 0.6 is 0 Å². The fraction of sp³-hybridized carbons (Fsp3) is 0.833. The quantitative estimate of drug-likeness (QED) is 0.257. The van der Waals surface area contributed by atoms with Gasteiger partial charge in [0.15, 0.2) is 0 Å². The van der Waals surface area contributed by atoms with Gasteiger partial charge in [-0.05, 0) is 38.5 Å². The van der Waals surface area contributed by atoms with Crippen LogP contribution in [-0.4, -0.2) is 35.5 Å². The van der Waals surface area contributed by atoms with E-state index < -0.39 is 5.97 Å². The molecule has 0 unspecified atom stereocenters. The van der Waals surface area contributed by atoms with Gasteiger partial charge in [-0.3, -0.25) is 0 Å². The summed E-state index contributed by atoms with van der Waals surface area (Å²) in [4.78, 5) is 10.2. The van der Waals surface area contributed by atoms with Gasteiger partial charge in [-0.2, -0.15) is 0 Å². The SMILES string of the molecule is CCCCCCCC/C=C\CCCCCCCC(=O)[O-].[Na+].[NaH]. The van der Waals surface area contributed by atoms with Crippen molar-refractivity contribution in [1.82, 2.24) is 0 Å². The van der Waals surface area contributed by atoms with E-state index in [0.717, 1.165) is 19.3 Å². The van der Waals surface area contributed by atoms with Crippen LogP contribution in [0.3, 0.4) is 0 Å². The van der Waals surface area contributed by atoms with Gasteiger partial charge in [0.1, 0.15) is 0 Å². The Kier molecular flexibility index (Phi) is 31.2. The average molecular weight is 328 g/mol. The Morgan fingerprint density at radius 3 is 1.64 bits per heavy atom. The number of carboxylic acids is 1. The molecule has 0 aromatic carbocycles. The number of carbonyl (C=O) groups is 1. The Balaban J connectivity index is -0.00000180. The second kappa shape index (κ2) is 24.5. The van der Waals surface area contributed by atoms with Crippen LogP contribution in [0.1, 0.15) is 96.8 Å². The summed E-state index contributed by atoms with van der Waals surface area (Å²) in [5, 5.41) is 10.2. The van der Waals surface area contributed by atoms with Crippen LogP contribution in [0.25, 0.3) is 0 Å².